The molecule has 0 radical (unpaired) electrons. The second-order valence-electron chi connectivity index (χ2n) is 2.31. The zero-order chi connectivity index (χ0) is 8.10. The van der Waals surface area contributed by atoms with Crippen LogP contribution in [0.15, 0.2) is 21.8 Å². The lowest BCUT2D eigenvalue weighted by Gasteiger charge is -1.95. The third-order valence-electron chi connectivity index (χ3n) is 1.42. The Kier molecular flexibility index (Phi) is 2.83. The first kappa shape index (κ1) is 7.98. The first-order valence-corrected chi connectivity index (χ1v) is 3.88. The van der Waals surface area contributed by atoms with E-state index in [2.05, 4.69) is 22.2 Å². The SMILES string of the molecule is C/C=C1/NC=NC1=NCCC. The number of hydrogen-bond acceptors (Lipinski definition) is 2. The van der Waals surface area contributed by atoms with Gasteiger partial charge in [0.2, 0.25) is 0 Å². The molecule has 0 atom stereocenters. The molecule has 0 aromatic rings. The summed E-state index contributed by atoms with van der Waals surface area (Å²) < 4.78 is 0. The van der Waals surface area contributed by atoms with Crippen LogP contribution in [0.4, 0.5) is 0 Å². The summed E-state index contributed by atoms with van der Waals surface area (Å²) in [5, 5.41) is 3.00. The topological polar surface area (TPSA) is 36.8 Å². The van der Waals surface area contributed by atoms with E-state index in [0.717, 1.165) is 24.5 Å². The first-order valence-electron chi connectivity index (χ1n) is 3.88. The van der Waals surface area contributed by atoms with Gasteiger partial charge in [-0.05, 0) is 13.3 Å². The van der Waals surface area contributed by atoms with E-state index in [-0.39, 0.29) is 0 Å². The number of nitrogens with zero attached hydrogens (tertiary/aromatic N) is 2. The van der Waals surface area contributed by atoms with Crippen LogP contribution in [0.25, 0.3) is 0 Å². The minimum atomic E-state index is 0.828. The van der Waals surface area contributed by atoms with Gasteiger partial charge in [0.05, 0.1) is 12.0 Å². The van der Waals surface area contributed by atoms with Gasteiger partial charge in [-0.2, -0.15) is 0 Å². The quantitative estimate of drug-likeness (QED) is 0.635. The molecule has 0 spiro atoms. The van der Waals surface area contributed by atoms with E-state index in [1.165, 1.54) is 0 Å². The highest BCUT2D eigenvalue weighted by Crippen LogP contribution is 2.00. The molecule has 0 amide bonds. The standard InChI is InChI=1S/C8H13N3/c1-3-5-9-8-7(4-2)10-6-11-8/h4,6H,3,5H2,1-2H3,(H,9,10,11)/b7-4+. The molecule has 60 valence electrons. The van der Waals surface area contributed by atoms with Crippen molar-refractivity contribution in [2.45, 2.75) is 20.3 Å². The first-order chi connectivity index (χ1) is 5.38. The van der Waals surface area contributed by atoms with Crippen molar-refractivity contribution in [3.8, 4) is 0 Å². The maximum absolute atomic E-state index is 4.28. The van der Waals surface area contributed by atoms with Crippen LogP contribution in [0.2, 0.25) is 0 Å². The third kappa shape index (κ3) is 1.90. The van der Waals surface area contributed by atoms with E-state index in [1.807, 2.05) is 13.0 Å². The highest BCUT2D eigenvalue weighted by Gasteiger charge is 2.06. The zero-order valence-electron chi connectivity index (χ0n) is 6.96. The van der Waals surface area contributed by atoms with Gasteiger partial charge in [-0.3, -0.25) is 4.99 Å². The number of aliphatic imine (C=N–C) groups is 2. The smallest absolute Gasteiger partial charge is 0.172 e. The molecule has 0 unspecified atom stereocenters. The fourth-order valence-electron chi connectivity index (χ4n) is 0.853. The van der Waals surface area contributed by atoms with Crippen LogP contribution in [0.1, 0.15) is 20.3 Å². The Morgan fingerprint density at radius 3 is 3.18 bits per heavy atom. The van der Waals surface area contributed by atoms with Crippen molar-refractivity contribution in [3.63, 3.8) is 0 Å². The molecule has 1 heterocycles. The fraction of sp³-hybridized carbons (Fsp3) is 0.500. The second kappa shape index (κ2) is 3.91. The Morgan fingerprint density at radius 1 is 1.73 bits per heavy atom. The monoisotopic (exact) mass is 151 g/mol. The lowest BCUT2D eigenvalue weighted by atomic mass is 10.4. The van der Waals surface area contributed by atoms with Gasteiger partial charge in [0.25, 0.3) is 0 Å². The molecule has 11 heavy (non-hydrogen) atoms. The molecule has 1 aliphatic rings. The lowest BCUT2D eigenvalue weighted by Crippen LogP contribution is -2.08. The molecule has 0 bridgehead atoms. The Labute approximate surface area is 66.9 Å². The average Bonchev–Trinajstić information content (AvgIpc) is 2.47. The third-order valence-corrected chi connectivity index (χ3v) is 1.42. The predicted molar refractivity (Wildman–Crippen MR) is 48.0 cm³/mol. The number of rotatable bonds is 2. The molecule has 3 nitrogen and oxygen atoms in total. The van der Waals surface area contributed by atoms with Gasteiger partial charge >= 0.3 is 0 Å². The van der Waals surface area contributed by atoms with Gasteiger partial charge < -0.3 is 5.32 Å². The molecule has 0 fully saturated rings. The number of amidine groups is 1. The predicted octanol–water partition coefficient (Wildman–Crippen LogP) is 1.33. The maximum Gasteiger partial charge on any atom is 0.172 e. The molecule has 0 aliphatic carbocycles. The van der Waals surface area contributed by atoms with Crippen LogP contribution >= 0.6 is 0 Å². The van der Waals surface area contributed by atoms with Crippen molar-refractivity contribution < 1.29 is 0 Å². The summed E-state index contributed by atoms with van der Waals surface area (Å²) in [6, 6.07) is 0. The Balaban J connectivity index is 2.63. The summed E-state index contributed by atoms with van der Waals surface area (Å²) in [4.78, 5) is 8.35. The van der Waals surface area contributed by atoms with Crippen molar-refractivity contribution >= 4 is 12.2 Å². The van der Waals surface area contributed by atoms with E-state index < -0.39 is 0 Å². The van der Waals surface area contributed by atoms with E-state index >= 15 is 0 Å². The molecule has 1 rings (SSSR count). The van der Waals surface area contributed by atoms with Crippen molar-refractivity contribution in [3.05, 3.63) is 11.8 Å². The van der Waals surface area contributed by atoms with Crippen molar-refractivity contribution in [1.29, 1.82) is 0 Å². The molecule has 0 aromatic heterocycles. The van der Waals surface area contributed by atoms with Crippen molar-refractivity contribution in [2.75, 3.05) is 6.54 Å². The van der Waals surface area contributed by atoms with Gasteiger partial charge in [0, 0.05) is 6.54 Å². The average molecular weight is 151 g/mol. The summed E-state index contributed by atoms with van der Waals surface area (Å²) in [6.45, 7) is 4.93. The Hall–Kier alpha value is -1.12. The molecule has 0 saturated carbocycles. The van der Waals surface area contributed by atoms with Crippen LogP contribution in [-0.2, 0) is 0 Å². The highest BCUT2D eigenvalue weighted by atomic mass is 15.1. The van der Waals surface area contributed by atoms with Crippen LogP contribution in [0.5, 0.6) is 0 Å². The summed E-state index contributed by atoms with van der Waals surface area (Å²) in [5.41, 5.74) is 1.01. The molecular formula is C8H13N3. The molecular weight excluding hydrogens is 138 g/mol. The lowest BCUT2D eigenvalue weighted by molar-refractivity contribution is 0.930. The summed E-state index contributed by atoms with van der Waals surface area (Å²) in [5.74, 6) is 0.828. The van der Waals surface area contributed by atoms with E-state index in [1.54, 1.807) is 6.34 Å². The molecule has 0 aromatic carbocycles. The van der Waals surface area contributed by atoms with Crippen LogP contribution in [0.3, 0.4) is 0 Å². The van der Waals surface area contributed by atoms with E-state index in [0.29, 0.717) is 0 Å². The largest absolute Gasteiger partial charge is 0.344 e. The van der Waals surface area contributed by atoms with Crippen molar-refractivity contribution in [1.82, 2.24) is 5.32 Å². The Bertz CT molecular complexity index is 213. The second-order valence-corrected chi connectivity index (χ2v) is 2.31. The number of allylic oxidation sites excluding steroid dienone is 1. The molecule has 1 N–H and O–H groups in total. The highest BCUT2D eigenvalue weighted by molar-refractivity contribution is 6.07. The Morgan fingerprint density at radius 2 is 2.55 bits per heavy atom. The van der Waals surface area contributed by atoms with Gasteiger partial charge in [-0.15, -0.1) is 0 Å². The van der Waals surface area contributed by atoms with Gasteiger partial charge in [0.1, 0.15) is 0 Å². The summed E-state index contributed by atoms with van der Waals surface area (Å²) >= 11 is 0. The summed E-state index contributed by atoms with van der Waals surface area (Å²) in [7, 11) is 0. The molecule has 1 aliphatic heterocycles. The normalized spacial score (nSPS) is 23.1. The number of nitrogens with one attached hydrogen (secondary N) is 1. The van der Waals surface area contributed by atoms with E-state index in [9.17, 15) is 0 Å². The fourth-order valence-corrected chi connectivity index (χ4v) is 0.853. The van der Waals surface area contributed by atoms with Crippen LogP contribution in [0, 0.1) is 0 Å². The minimum absolute atomic E-state index is 0.828. The van der Waals surface area contributed by atoms with Gasteiger partial charge in [-0.1, -0.05) is 13.0 Å². The van der Waals surface area contributed by atoms with Gasteiger partial charge in [0.15, 0.2) is 5.84 Å². The maximum atomic E-state index is 4.28. The summed E-state index contributed by atoms with van der Waals surface area (Å²) in [6.07, 6.45) is 4.71. The van der Waals surface area contributed by atoms with E-state index in [4.69, 9.17) is 0 Å². The van der Waals surface area contributed by atoms with Crippen molar-refractivity contribution in [2.24, 2.45) is 9.98 Å². The minimum Gasteiger partial charge on any atom is -0.344 e. The zero-order valence-corrected chi connectivity index (χ0v) is 6.96. The number of hydrogen-bond donors (Lipinski definition) is 1. The van der Waals surface area contributed by atoms with Crippen LogP contribution in [-0.4, -0.2) is 18.7 Å². The van der Waals surface area contributed by atoms with Gasteiger partial charge in [-0.25, -0.2) is 4.99 Å². The molecule has 3 heteroatoms. The molecule has 0 saturated heterocycles. The van der Waals surface area contributed by atoms with Crippen LogP contribution < -0.4 is 5.32 Å².